The van der Waals surface area contributed by atoms with Crippen LogP contribution >= 0.6 is 23.5 Å². The van der Waals surface area contributed by atoms with E-state index in [2.05, 4.69) is 16.1 Å². The van der Waals surface area contributed by atoms with E-state index >= 15 is 0 Å². The van der Waals surface area contributed by atoms with Gasteiger partial charge >= 0.3 is 0 Å². The van der Waals surface area contributed by atoms with Crippen molar-refractivity contribution in [3.8, 4) is 0 Å². The van der Waals surface area contributed by atoms with Crippen molar-refractivity contribution in [2.75, 3.05) is 21.5 Å². The summed E-state index contributed by atoms with van der Waals surface area (Å²) in [4.78, 5) is 12.6. The first kappa shape index (κ1) is 22.5. The number of hydrogen-bond acceptors (Lipinski definition) is 5. The number of carbonyl (C=O) groups is 1. The fourth-order valence-electron chi connectivity index (χ4n) is 3.14. The molecule has 0 saturated carbocycles. The number of benzene rings is 3. The highest BCUT2D eigenvalue weighted by molar-refractivity contribution is 8.19. The van der Waals surface area contributed by atoms with Gasteiger partial charge in [0, 0.05) is 28.4 Å². The Balaban J connectivity index is 1.38. The van der Waals surface area contributed by atoms with Crippen molar-refractivity contribution in [2.45, 2.75) is 4.58 Å². The molecule has 1 amide bonds. The molecule has 32 heavy (non-hydrogen) atoms. The summed E-state index contributed by atoms with van der Waals surface area (Å²) in [7, 11) is -3.66. The Labute approximate surface area is 196 Å². The zero-order chi connectivity index (χ0) is 22.4. The minimum atomic E-state index is -3.66. The Morgan fingerprint density at radius 3 is 2.31 bits per heavy atom. The molecule has 1 heterocycles. The standard InChI is InChI=1S/C24H22N2O3S3/c27-23(25-22-8-4-7-20(17-22)24-30-14-15-31-24)19-9-11-21(12-10-19)26-32(28,29)16-13-18-5-2-1-3-6-18/h1-13,16-17,24,26H,14-15H2,(H,25,27)/b16-13+. The van der Waals surface area contributed by atoms with Crippen molar-refractivity contribution in [2.24, 2.45) is 0 Å². The van der Waals surface area contributed by atoms with E-state index < -0.39 is 10.0 Å². The summed E-state index contributed by atoms with van der Waals surface area (Å²) in [5.41, 5.74) is 3.57. The van der Waals surface area contributed by atoms with E-state index in [4.69, 9.17) is 0 Å². The molecular formula is C24H22N2O3S3. The first-order valence-corrected chi connectivity index (χ1v) is 13.6. The molecule has 3 aromatic rings. The first-order chi connectivity index (χ1) is 15.5. The molecule has 4 rings (SSSR count). The van der Waals surface area contributed by atoms with E-state index in [9.17, 15) is 13.2 Å². The van der Waals surface area contributed by atoms with Crippen molar-refractivity contribution >= 4 is 56.9 Å². The second-order valence-corrected chi connectivity index (χ2v) is 11.4. The van der Waals surface area contributed by atoms with Gasteiger partial charge in [-0.15, -0.1) is 23.5 Å². The van der Waals surface area contributed by atoms with Gasteiger partial charge in [-0.25, -0.2) is 8.42 Å². The summed E-state index contributed by atoms with van der Waals surface area (Å²) in [6.07, 6.45) is 1.53. The Bertz CT molecular complexity index is 1200. The topological polar surface area (TPSA) is 75.3 Å². The van der Waals surface area contributed by atoms with Gasteiger partial charge < -0.3 is 5.32 Å². The molecule has 0 atom stereocenters. The summed E-state index contributed by atoms with van der Waals surface area (Å²) in [6, 6.07) is 23.4. The fraction of sp³-hybridized carbons (Fsp3) is 0.125. The van der Waals surface area contributed by atoms with Crippen LogP contribution in [-0.4, -0.2) is 25.8 Å². The van der Waals surface area contributed by atoms with Gasteiger partial charge in [-0.2, -0.15) is 0 Å². The minimum Gasteiger partial charge on any atom is -0.322 e. The molecule has 2 N–H and O–H groups in total. The summed E-state index contributed by atoms with van der Waals surface area (Å²) in [5.74, 6) is 2.04. The van der Waals surface area contributed by atoms with Crippen LogP contribution in [0.2, 0.25) is 0 Å². The van der Waals surface area contributed by atoms with Crippen LogP contribution in [0.4, 0.5) is 11.4 Å². The number of rotatable bonds is 7. The summed E-state index contributed by atoms with van der Waals surface area (Å²) >= 11 is 3.83. The van der Waals surface area contributed by atoms with Crippen LogP contribution in [0.3, 0.4) is 0 Å². The highest BCUT2D eigenvalue weighted by Crippen LogP contribution is 2.45. The summed E-state index contributed by atoms with van der Waals surface area (Å²) < 4.78 is 27.5. The predicted molar refractivity (Wildman–Crippen MR) is 137 cm³/mol. The van der Waals surface area contributed by atoms with Crippen LogP contribution in [0.1, 0.15) is 26.1 Å². The van der Waals surface area contributed by atoms with Gasteiger partial charge in [0.2, 0.25) is 0 Å². The maximum Gasteiger partial charge on any atom is 0.255 e. The molecular weight excluding hydrogens is 460 g/mol. The van der Waals surface area contributed by atoms with E-state index in [1.54, 1.807) is 24.3 Å². The lowest BCUT2D eigenvalue weighted by Crippen LogP contribution is -2.13. The van der Waals surface area contributed by atoms with Crippen LogP contribution in [0.5, 0.6) is 0 Å². The van der Waals surface area contributed by atoms with Crippen LogP contribution in [-0.2, 0) is 10.0 Å². The van der Waals surface area contributed by atoms with Crippen LogP contribution < -0.4 is 10.0 Å². The third kappa shape index (κ3) is 6.18. The maximum absolute atomic E-state index is 12.6. The molecule has 0 unspecified atom stereocenters. The Morgan fingerprint density at radius 1 is 0.875 bits per heavy atom. The fourth-order valence-corrected chi connectivity index (χ4v) is 6.84. The number of carbonyl (C=O) groups excluding carboxylic acids is 1. The average molecular weight is 483 g/mol. The smallest absolute Gasteiger partial charge is 0.255 e. The van der Waals surface area contributed by atoms with Crippen molar-refractivity contribution in [3.63, 3.8) is 0 Å². The zero-order valence-electron chi connectivity index (χ0n) is 17.1. The molecule has 1 aliphatic rings. The molecule has 1 saturated heterocycles. The molecule has 0 spiro atoms. The van der Waals surface area contributed by atoms with Gasteiger partial charge in [-0.05, 0) is 53.6 Å². The van der Waals surface area contributed by atoms with Crippen LogP contribution in [0, 0.1) is 0 Å². The molecule has 0 aromatic heterocycles. The number of anilines is 2. The van der Waals surface area contributed by atoms with Crippen LogP contribution in [0.15, 0.2) is 84.3 Å². The van der Waals surface area contributed by atoms with E-state index in [0.717, 1.165) is 28.2 Å². The van der Waals surface area contributed by atoms with Crippen molar-refractivity contribution in [1.29, 1.82) is 0 Å². The van der Waals surface area contributed by atoms with Gasteiger partial charge in [0.25, 0.3) is 15.9 Å². The van der Waals surface area contributed by atoms with Gasteiger partial charge in [-0.1, -0.05) is 42.5 Å². The van der Waals surface area contributed by atoms with E-state index in [1.807, 2.05) is 72.1 Å². The lowest BCUT2D eigenvalue weighted by atomic mass is 10.1. The highest BCUT2D eigenvalue weighted by Gasteiger charge is 2.18. The molecule has 0 bridgehead atoms. The second kappa shape index (κ2) is 10.3. The van der Waals surface area contributed by atoms with Gasteiger partial charge in [0.1, 0.15) is 0 Å². The molecule has 164 valence electrons. The van der Waals surface area contributed by atoms with Crippen molar-refractivity contribution in [3.05, 3.63) is 101 Å². The third-order valence-corrected chi connectivity index (χ3v) is 8.80. The number of thioether (sulfide) groups is 2. The third-order valence-electron chi connectivity index (χ3n) is 4.68. The summed E-state index contributed by atoms with van der Waals surface area (Å²) in [5, 5.41) is 4.04. The molecule has 1 aliphatic heterocycles. The molecule has 5 nitrogen and oxygen atoms in total. The number of hydrogen-bond donors (Lipinski definition) is 2. The molecule has 8 heteroatoms. The molecule has 3 aromatic carbocycles. The lowest BCUT2D eigenvalue weighted by Gasteiger charge is -2.11. The van der Waals surface area contributed by atoms with Crippen molar-refractivity contribution < 1.29 is 13.2 Å². The quantitative estimate of drug-likeness (QED) is 0.443. The normalized spacial score (nSPS) is 14.5. The molecule has 0 radical (unpaired) electrons. The summed E-state index contributed by atoms with van der Waals surface area (Å²) in [6.45, 7) is 0. The van der Waals surface area contributed by atoms with Gasteiger partial charge in [0.05, 0.1) is 9.99 Å². The van der Waals surface area contributed by atoms with Crippen LogP contribution in [0.25, 0.3) is 6.08 Å². The van der Waals surface area contributed by atoms with E-state index in [-0.39, 0.29) is 5.91 Å². The largest absolute Gasteiger partial charge is 0.322 e. The Hall–Kier alpha value is -2.68. The minimum absolute atomic E-state index is 0.243. The maximum atomic E-state index is 12.6. The van der Waals surface area contributed by atoms with E-state index in [1.165, 1.54) is 11.6 Å². The zero-order valence-corrected chi connectivity index (χ0v) is 19.6. The van der Waals surface area contributed by atoms with Gasteiger partial charge in [-0.3, -0.25) is 9.52 Å². The number of nitrogens with one attached hydrogen (secondary N) is 2. The second-order valence-electron chi connectivity index (χ2n) is 7.09. The predicted octanol–water partition coefficient (Wildman–Crippen LogP) is 5.83. The number of amides is 1. The number of sulfonamides is 1. The highest BCUT2D eigenvalue weighted by atomic mass is 32.2. The van der Waals surface area contributed by atoms with Gasteiger partial charge in [0.15, 0.2) is 0 Å². The lowest BCUT2D eigenvalue weighted by molar-refractivity contribution is 0.102. The average Bonchev–Trinajstić information content (AvgIpc) is 3.34. The SMILES string of the molecule is O=C(Nc1cccc(C2SCCS2)c1)c1ccc(NS(=O)(=O)/C=C/c2ccccc2)cc1. The van der Waals surface area contributed by atoms with Crippen molar-refractivity contribution in [1.82, 2.24) is 0 Å². The van der Waals surface area contributed by atoms with E-state index in [0.29, 0.717) is 15.8 Å². The molecule has 0 aliphatic carbocycles. The molecule has 1 fully saturated rings. The monoisotopic (exact) mass is 482 g/mol. The Kier molecular flexibility index (Phi) is 7.24. The Morgan fingerprint density at radius 2 is 1.59 bits per heavy atom. The first-order valence-electron chi connectivity index (χ1n) is 9.99.